The standard InChI is InChI=1S/C14H22N2O2/c1-4-8-15-14(17)16-9-10-18-13-7-5-6-11(2)12(13)3/h5-7H,4,8-10H2,1-3H3,(H2,15,16,17). The monoisotopic (exact) mass is 250 g/mol. The molecule has 1 aromatic rings. The lowest BCUT2D eigenvalue weighted by atomic mass is 10.1. The van der Waals surface area contributed by atoms with Crippen LogP contribution in [0.2, 0.25) is 0 Å². The Morgan fingerprint density at radius 3 is 2.67 bits per heavy atom. The number of benzene rings is 1. The van der Waals surface area contributed by atoms with Crippen LogP contribution in [-0.2, 0) is 0 Å². The molecule has 0 radical (unpaired) electrons. The van der Waals surface area contributed by atoms with Crippen LogP contribution in [0.1, 0.15) is 24.5 Å². The number of aryl methyl sites for hydroxylation is 1. The van der Waals surface area contributed by atoms with E-state index in [-0.39, 0.29) is 6.03 Å². The smallest absolute Gasteiger partial charge is 0.314 e. The molecule has 0 saturated carbocycles. The van der Waals surface area contributed by atoms with Gasteiger partial charge in [0.25, 0.3) is 0 Å². The van der Waals surface area contributed by atoms with Gasteiger partial charge < -0.3 is 15.4 Å². The van der Waals surface area contributed by atoms with E-state index in [1.54, 1.807) is 0 Å². The summed E-state index contributed by atoms with van der Waals surface area (Å²) >= 11 is 0. The maximum Gasteiger partial charge on any atom is 0.314 e. The highest BCUT2D eigenvalue weighted by Gasteiger charge is 2.02. The van der Waals surface area contributed by atoms with Crippen LogP contribution >= 0.6 is 0 Å². The van der Waals surface area contributed by atoms with Gasteiger partial charge in [-0.3, -0.25) is 0 Å². The second kappa shape index (κ2) is 7.58. The number of hydrogen-bond donors (Lipinski definition) is 2. The second-order valence-corrected chi connectivity index (χ2v) is 4.23. The van der Waals surface area contributed by atoms with Crippen LogP contribution in [0.3, 0.4) is 0 Å². The zero-order valence-corrected chi connectivity index (χ0v) is 11.4. The number of urea groups is 1. The predicted molar refractivity (Wildman–Crippen MR) is 73.1 cm³/mol. The first-order valence-corrected chi connectivity index (χ1v) is 6.36. The third-order valence-corrected chi connectivity index (χ3v) is 2.74. The van der Waals surface area contributed by atoms with E-state index in [1.807, 2.05) is 26.0 Å². The van der Waals surface area contributed by atoms with Crippen molar-refractivity contribution in [1.82, 2.24) is 10.6 Å². The molecule has 0 unspecified atom stereocenters. The molecule has 0 aliphatic heterocycles. The Hall–Kier alpha value is -1.71. The molecule has 4 nitrogen and oxygen atoms in total. The van der Waals surface area contributed by atoms with Crippen molar-refractivity contribution in [1.29, 1.82) is 0 Å². The van der Waals surface area contributed by atoms with E-state index in [9.17, 15) is 4.79 Å². The van der Waals surface area contributed by atoms with Gasteiger partial charge in [0.15, 0.2) is 0 Å². The van der Waals surface area contributed by atoms with Gasteiger partial charge in [0.2, 0.25) is 0 Å². The highest BCUT2D eigenvalue weighted by atomic mass is 16.5. The Labute approximate surface area is 109 Å². The van der Waals surface area contributed by atoms with Gasteiger partial charge in [0.05, 0.1) is 6.54 Å². The van der Waals surface area contributed by atoms with E-state index >= 15 is 0 Å². The maximum absolute atomic E-state index is 11.3. The molecular weight excluding hydrogens is 228 g/mol. The van der Waals surface area contributed by atoms with Crippen LogP contribution in [0.4, 0.5) is 4.79 Å². The fraction of sp³-hybridized carbons (Fsp3) is 0.500. The fourth-order valence-electron chi connectivity index (χ4n) is 1.51. The first-order valence-electron chi connectivity index (χ1n) is 6.36. The van der Waals surface area contributed by atoms with E-state index < -0.39 is 0 Å². The molecule has 1 rings (SSSR count). The number of ether oxygens (including phenoxy) is 1. The van der Waals surface area contributed by atoms with E-state index in [0.717, 1.165) is 17.7 Å². The van der Waals surface area contributed by atoms with Crippen LogP contribution in [0.25, 0.3) is 0 Å². The van der Waals surface area contributed by atoms with Gasteiger partial charge in [-0.2, -0.15) is 0 Å². The Balaban J connectivity index is 2.25. The topological polar surface area (TPSA) is 50.4 Å². The molecule has 18 heavy (non-hydrogen) atoms. The van der Waals surface area contributed by atoms with Gasteiger partial charge >= 0.3 is 6.03 Å². The van der Waals surface area contributed by atoms with Crippen LogP contribution in [0.5, 0.6) is 5.75 Å². The summed E-state index contributed by atoms with van der Waals surface area (Å²) in [6.45, 7) is 7.78. The van der Waals surface area contributed by atoms with Gasteiger partial charge in [-0.25, -0.2) is 4.79 Å². The zero-order chi connectivity index (χ0) is 13.4. The van der Waals surface area contributed by atoms with Crippen molar-refractivity contribution in [2.45, 2.75) is 27.2 Å². The zero-order valence-electron chi connectivity index (χ0n) is 11.4. The van der Waals surface area contributed by atoms with Crippen molar-refractivity contribution in [3.63, 3.8) is 0 Å². The van der Waals surface area contributed by atoms with Gasteiger partial charge in [0.1, 0.15) is 12.4 Å². The van der Waals surface area contributed by atoms with Crippen molar-refractivity contribution in [2.24, 2.45) is 0 Å². The molecule has 2 amide bonds. The van der Waals surface area contributed by atoms with E-state index in [1.165, 1.54) is 5.56 Å². The van der Waals surface area contributed by atoms with Crippen LogP contribution < -0.4 is 15.4 Å². The first kappa shape index (κ1) is 14.4. The molecule has 0 heterocycles. The molecule has 0 bridgehead atoms. The Kier molecular flexibility index (Phi) is 6.05. The lowest BCUT2D eigenvalue weighted by Crippen LogP contribution is -2.38. The number of nitrogens with one attached hydrogen (secondary N) is 2. The molecule has 0 spiro atoms. The number of hydrogen-bond acceptors (Lipinski definition) is 2. The van der Waals surface area contributed by atoms with Gasteiger partial charge in [0, 0.05) is 6.54 Å². The first-order chi connectivity index (χ1) is 8.65. The number of rotatable bonds is 6. The summed E-state index contributed by atoms with van der Waals surface area (Å²) in [5, 5.41) is 5.49. The average Bonchev–Trinajstić information content (AvgIpc) is 2.37. The molecular formula is C14H22N2O2. The minimum atomic E-state index is -0.138. The second-order valence-electron chi connectivity index (χ2n) is 4.23. The summed E-state index contributed by atoms with van der Waals surface area (Å²) in [5.41, 5.74) is 2.36. The minimum absolute atomic E-state index is 0.138. The predicted octanol–water partition coefficient (Wildman–Crippen LogP) is 2.39. The Morgan fingerprint density at radius 1 is 1.22 bits per heavy atom. The fourth-order valence-corrected chi connectivity index (χ4v) is 1.51. The number of amides is 2. The number of carbonyl (C=O) groups excluding carboxylic acids is 1. The van der Waals surface area contributed by atoms with Crippen molar-refractivity contribution in [3.05, 3.63) is 29.3 Å². The minimum Gasteiger partial charge on any atom is -0.491 e. The summed E-state index contributed by atoms with van der Waals surface area (Å²) in [6.07, 6.45) is 0.937. The molecule has 100 valence electrons. The van der Waals surface area contributed by atoms with Crippen molar-refractivity contribution in [2.75, 3.05) is 19.7 Å². The third kappa shape index (κ3) is 4.65. The van der Waals surface area contributed by atoms with Crippen LogP contribution in [0.15, 0.2) is 18.2 Å². The van der Waals surface area contributed by atoms with Crippen LogP contribution in [-0.4, -0.2) is 25.7 Å². The molecule has 0 aliphatic rings. The molecule has 2 N–H and O–H groups in total. The van der Waals surface area contributed by atoms with Gasteiger partial charge in [-0.1, -0.05) is 19.1 Å². The van der Waals surface area contributed by atoms with Gasteiger partial charge in [-0.05, 0) is 37.5 Å². The molecule has 0 atom stereocenters. The maximum atomic E-state index is 11.3. The summed E-state index contributed by atoms with van der Waals surface area (Å²) in [5.74, 6) is 0.880. The summed E-state index contributed by atoms with van der Waals surface area (Å²) in [4.78, 5) is 11.3. The van der Waals surface area contributed by atoms with Gasteiger partial charge in [-0.15, -0.1) is 0 Å². The molecule has 0 saturated heterocycles. The molecule has 4 heteroatoms. The van der Waals surface area contributed by atoms with E-state index in [0.29, 0.717) is 19.7 Å². The lowest BCUT2D eigenvalue weighted by Gasteiger charge is -2.11. The average molecular weight is 250 g/mol. The van der Waals surface area contributed by atoms with Crippen LogP contribution in [0, 0.1) is 13.8 Å². The summed E-state index contributed by atoms with van der Waals surface area (Å²) in [7, 11) is 0. The highest BCUT2D eigenvalue weighted by molar-refractivity contribution is 5.73. The van der Waals surface area contributed by atoms with Crippen molar-refractivity contribution < 1.29 is 9.53 Å². The Bertz CT molecular complexity index is 391. The highest BCUT2D eigenvalue weighted by Crippen LogP contribution is 2.20. The lowest BCUT2D eigenvalue weighted by molar-refractivity contribution is 0.236. The van der Waals surface area contributed by atoms with E-state index in [4.69, 9.17) is 4.74 Å². The molecule has 0 aliphatic carbocycles. The SMILES string of the molecule is CCCNC(=O)NCCOc1cccc(C)c1C. The van der Waals surface area contributed by atoms with E-state index in [2.05, 4.69) is 23.6 Å². The largest absolute Gasteiger partial charge is 0.491 e. The summed E-state index contributed by atoms with van der Waals surface area (Å²) < 4.78 is 5.63. The quantitative estimate of drug-likeness (QED) is 0.762. The third-order valence-electron chi connectivity index (χ3n) is 2.74. The normalized spacial score (nSPS) is 9.94. The number of carbonyl (C=O) groups is 1. The molecule has 0 aromatic heterocycles. The van der Waals surface area contributed by atoms with Crippen molar-refractivity contribution >= 4 is 6.03 Å². The Morgan fingerprint density at radius 2 is 1.94 bits per heavy atom. The summed E-state index contributed by atoms with van der Waals surface area (Å²) in [6, 6.07) is 5.83. The molecule has 1 aromatic carbocycles. The molecule has 0 fully saturated rings. The van der Waals surface area contributed by atoms with Crippen molar-refractivity contribution in [3.8, 4) is 5.75 Å².